The molecule has 3 rings (SSSR count). The summed E-state index contributed by atoms with van der Waals surface area (Å²) in [6, 6.07) is 4.40. The number of nitrogens with one attached hydrogen (secondary N) is 2. The fourth-order valence-electron chi connectivity index (χ4n) is 2.30. The summed E-state index contributed by atoms with van der Waals surface area (Å²) in [4.78, 5) is 13.7. The molecule has 1 saturated heterocycles. The number of rotatable bonds is 2. The predicted octanol–water partition coefficient (Wildman–Crippen LogP) is 0.105. The van der Waals surface area contributed by atoms with Crippen LogP contribution in [0.4, 0.5) is 0 Å². The Hall–Kier alpha value is -1.64. The van der Waals surface area contributed by atoms with E-state index in [0.29, 0.717) is 30.7 Å². The molecule has 1 aromatic heterocycles. The SMILES string of the molecule is O=c1[nH]c2cc(S(=O)(=O)N3CCCNCC3)ccc2o1. The van der Waals surface area contributed by atoms with Crippen LogP contribution in [0.15, 0.2) is 32.3 Å². The van der Waals surface area contributed by atoms with Crippen LogP contribution in [0.5, 0.6) is 0 Å². The molecule has 0 amide bonds. The molecule has 1 aliphatic heterocycles. The van der Waals surface area contributed by atoms with Crippen LogP contribution < -0.4 is 11.1 Å². The number of H-pyrrole nitrogens is 1. The van der Waals surface area contributed by atoms with Gasteiger partial charge in [0.25, 0.3) is 0 Å². The van der Waals surface area contributed by atoms with Gasteiger partial charge in [-0.3, -0.25) is 4.98 Å². The van der Waals surface area contributed by atoms with Crippen molar-refractivity contribution in [3.8, 4) is 0 Å². The Morgan fingerprint density at radius 3 is 2.90 bits per heavy atom. The molecule has 0 aliphatic carbocycles. The Morgan fingerprint density at radius 1 is 1.20 bits per heavy atom. The minimum atomic E-state index is -3.54. The van der Waals surface area contributed by atoms with Gasteiger partial charge in [0.05, 0.1) is 10.4 Å². The topological polar surface area (TPSA) is 95.4 Å². The maximum atomic E-state index is 12.6. The van der Waals surface area contributed by atoms with Crippen LogP contribution in [0.3, 0.4) is 0 Å². The van der Waals surface area contributed by atoms with Crippen molar-refractivity contribution >= 4 is 21.1 Å². The Morgan fingerprint density at radius 2 is 2.05 bits per heavy atom. The van der Waals surface area contributed by atoms with Gasteiger partial charge < -0.3 is 9.73 Å². The van der Waals surface area contributed by atoms with Gasteiger partial charge in [0.1, 0.15) is 0 Å². The second-order valence-electron chi connectivity index (χ2n) is 4.68. The second-order valence-corrected chi connectivity index (χ2v) is 6.62. The summed E-state index contributed by atoms with van der Waals surface area (Å²) in [5.41, 5.74) is 0.746. The lowest BCUT2D eigenvalue weighted by Gasteiger charge is -2.19. The maximum absolute atomic E-state index is 12.6. The number of nitrogens with zero attached hydrogens (tertiary/aromatic N) is 1. The number of fused-ring (bicyclic) bond motifs is 1. The van der Waals surface area contributed by atoms with Crippen LogP contribution >= 0.6 is 0 Å². The molecule has 108 valence electrons. The van der Waals surface area contributed by atoms with Gasteiger partial charge in [-0.25, -0.2) is 13.2 Å². The standard InChI is InChI=1S/C12H15N3O4S/c16-12-14-10-8-9(2-3-11(10)19-12)20(17,18)15-6-1-4-13-5-7-15/h2-3,8,13H,1,4-7H2,(H,14,16). The zero-order chi connectivity index (χ0) is 14.2. The Labute approximate surface area is 115 Å². The smallest absolute Gasteiger partial charge is 0.408 e. The van der Waals surface area contributed by atoms with E-state index >= 15 is 0 Å². The first-order valence-corrected chi connectivity index (χ1v) is 7.85. The van der Waals surface area contributed by atoms with Crippen molar-refractivity contribution in [2.75, 3.05) is 26.2 Å². The summed E-state index contributed by atoms with van der Waals surface area (Å²) in [6.45, 7) is 2.40. The minimum absolute atomic E-state index is 0.170. The third-order valence-electron chi connectivity index (χ3n) is 3.33. The van der Waals surface area contributed by atoms with Crippen LogP contribution in [0.1, 0.15) is 6.42 Å². The molecule has 2 aromatic rings. The molecule has 7 nitrogen and oxygen atoms in total. The molecule has 0 saturated carbocycles. The van der Waals surface area contributed by atoms with E-state index < -0.39 is 15.8 Å². The van der Waals surface area contributed by atoms with Crippen LogP contribution in [0, 0.1) is 0 Å². The monoisotopic (exact) mass is 297 g/mol. The van der Waals surface area contributed by atoms with Gasteiger partial charge in [-0.2, -0.15) is 4.31 Å². The summed E-state index contributed by atoms with van der Waals surface area (Å²) >= 11 is 0. The number of aromatic amines is 1. The van der Waals surface area contributed by atoms with E-state index in [1.807, 2.05) is 0 Å². The molecule has 1 aromatic carbocycles. The van der Waals surface area contributed by atoms with Crippen LogP contribution in [0.25, 0.3) is 11.1 Å². The normalized spacial score (nSPS) is 18.2. The zero-order valence-electron chi connectivity index (χ0n) is 10.8. The molecule has 1 fully saturated rings. The van der Waals surface area contributed by atoms with Crippen molar-refractivity contribution in [1.29, 1.82) is 0 Å². The van der Waals surface area contributed by atoms with E-state index in [1.165, 1.54) is 22.5 Å². The molecule has 0 spiro atoms. The minimum Gasteiger partial charge on any atom is -0.408 e. The lowest BCUT2D eigenvalue weighted by atomic mass is 10.3. The van der Waals surface area contributed by atoms with Crippen LogP contribution in [0.2, 0.25) is 0 Å². The summed E-state index contributed by atoms with van der Waals surface area (Å²) < 4.78 is 31.5. The summed E-state index contributed by atoms with van der Waals surface area (Å²) in [5.74, 6) is -0.589. The number of oxazole rings is 1. The number of hydrogen-bond acceptors (Lipinski definition) is 5. The average Bonchev–Trinajstić information content (AvgIpc) is 2.63. The third-order valence-corrected chi connectivity index (χ3v) is 5.22. The van der Waals surface area contributed by atoms with Crippen molar-refractivity contribution in [2.45, 2.75) is 11.3 Å². The highest BCUT2D eigenvalue weighted by Gasteiger charge is 2.25. The fourth-order valence-corrected chi connectivity index (χ4v) is 3.81. The highest BCUT2D eigenvalue weighted by molar-refractivity contribution is 7.89. The lowest BCUT2D eigenvalue weighted by Crippen LogP contribution is -2.34. The Bertz CT molecular complexity index is 769. The van der Waals surface area contributed by atoms with E-state index in [9.17, 15) is 13.2 Å². The van der Waals surface area contributed by atoms with Gasteiger partial charge in [-0.05, 0) is 31.2 Å². The fraction of sp³-hybridized carbons (Fsp3) is 0.417. The molecular weight excluding hydrogens is 282 g/mol. The summed E-state index contributed by atoms with van der Waals surface area (Å²) in [6.07, 6.45) is 0.782. The molecule has 2 N–H and O–H groups in total. The lowest BCUT2D eigenvalue weighted by molar-refractivity contribution is 0.432. The van der Waals surface area contributed by atoms with Gasteiger partial charge in [-0.1, -0.05) is 0 Å². The van der Waals surface area contributed by atoms with E-state index in [0.717, 1.165) is 13.0 Å². The first kappa shape index (κ1) is 13.3. The predicted molar refractivity (Wildman–Crippen MR) is 73.1 cm³/mol. The third kappa shape index (κ3) is 2.37. The van der Waals surface area contributed by atoms with Crippen molar-refractivity contribution in [1.82, 2.24) is 14.6 Å². The molecule has 0 radical (unpaired) electrons. The van der Waals surface area contributed by atoms with Gasteiger partial charge in [-0.15, -0.1) is 0 Å². The highest BCUT2D eigenvalue weighted by atomic mass is 32.2. The molecular formula is C12H15N3O4S. The Kier molecular flexibility index (Phi) is 3.36. The molecule has 0 atom stereocenters. The van der Waals surface area contributed by atoms with E-state index in [4.69, 9.17) is 4.42 Å². The zero-order valence-corrected chi connectivity index (χ0v) is 11.6. The first-order valence-electron chi connectivity index (χ1n) is 6.41. The van der Waals surface area contributed by atoms with Gasteiger partial charge >= 0.3 is 5.76 Å². The number of hydrogen-bond donors (Lipinski definition) is 2. The van der Waals surface area contributed by atoms with E-state index in [-0.39, 0.29) is 4.90 Å². The molecule has 2 heterocycles. The highest BCUT2D eigenvalue weighted by Crippen LogP contribution is 2.20. The number of sulfonamides is 1. The molecule has 0 unspecified atom stereocenters. The quantitative estimate of drug-likeness (QED) is 0.820. The first-order chi connectivity index (χ1) is 9.57. The van der Waals surface area contributed by atoms with E-state index in [1.54, 1.807) is 0 Å². The van der Waals surface area contributed by atoms with Crippen molar-refractivity contribution in [3.05, 3.63) is 28.7 Å². The van der Waals surface area contributed by atoms with Gasteiger partial charge in [0, 0.05) is 19.6 Å². The van der Waals surface area contributed by atoms with Crippen molar-refractivity contribution in [2.24, 2.45) is 0 Å². The molecule has 0 bridgehead atoms. The van der Waals surface area contributed by atoms with Gasteiger partial charge in [0.2, 0.25) is 10.0 Å². The van der Waals surface area contributed by atoms with Crippen LogP contribution in [-0.2, 0) is 10.0 Å². The Balaban J connectivity index is 2.01. The average molecular weight is 297 g/mol. The summed E-state index contributed by atoms with van der Waals surface area (Å²) in [7, 11) is -3.54. The molecule has 8 heteroatoms. The summed E-state index contributed by atoms with van der Waals surface area (Å²) in [5, 5.41) is 3.17. The molecule has 20 heavy (non-hydrogen) atoms. The molecule has 1 aliphatic rings. The van der Waals surface area contributed by atoms with Gasteiger partial charge in [0.15, 0.2) is 5.58 Å². The second kappa shape index (κ2) is 5.04. The largest absolute Gasteiger partial charge is 0.417 e. The maximum Gasteiger partial charge on any atom is 0.417 e. The van der Waals surface area contributed by atoms with Crippen molar-refractivity contribution in [3.63, 3.8) is 0 Å². The number of benzene rings is 1. The van der Waals surface area contributed by atoms with Crippen LogP contribution in [-0.4, -0.2) is 43.9 Å². The number of aromatic nitrogens is 1. The van der Waals surface area contributed by atoms with E-state index in [2.05, 4.69) is 10.3 Å². The van der Waals surface area contributed by atoms with Crippen molar-refractivity contribution < 1.29 is 12.8 Å².